The molecular formula is C22H22BrN3O4. The van der Waals surface area contributed by atoms with Crippen LogP contribution in [0.25, 0.3) is 5.76 Å². The normalized spacial score (nSPS) is 21.9. The molecular weight excluding hydrogens is 450 g/mol. The second-order valence-corrected chi connectivity index (χ2v) is 8.16. The summed E-state index contributed by atoms with van der Waals surface area (Å²) in [5, 5.41) is 11.0. The van der Waals surface area contributed by atoms with Crippen molar-refractivity contribution < 1.29 is 19.4 Å². The molecule has 8 heteroatoms. The molecule has 2 aliphatic rings. The molecule has 0 radical (unpaired) electrons. The van der Waals surface area contributed by atoms with E-state index in [9.17, 15) is 14.7 Å². The van der Waals surface area contributed by atoms with Crippen LogP contribution in [0.3, 0.4) is 0 Å². The van der Waals surface area contributed by atoms with Crippen LogP contribution in [-0.4, -0.2) is 71.0 Å². The third kappa shape index (κ3) is 4.16. The largest absolute Gasteiger partial charge is 0.507 e. The van der Waals surface area contributed by atoms with Gasteiger partial charge in [0, 0.05) is 48.6 Å². The van der Waals surface area contributed by atoms with E-state index in [-0.39, 0.29) is 11.3 Å². The van der Waals surface area contributed by atoms with E-state index in [0.717, 1.165) is 17.6 Å². The number of amides is 1. The zero-order chi connectivity index (χ0) is 21.1. The zero-order valence-electron chi connectivity index (χ0n) is 16.3. The SMILES string of the molecule is O=C1C(=O)N(CCN2CCOCC2)[C@@H](c2cccnc2)C1=C(O)c1ccc(Br)cc1. The number of nitrogens with zero attached hydrogens (tertiary/aromatic N) is 3. The lowest BCUT2D eigenvalue weighted by atomic mass is 9.96. The van der Waals surface area contributed by atoms with Crippen molar-refractivity contribution in [2.75, 3.05) is 39.4 Å². The Balaban J connectivity index is 1.71. The van der Waals surface area contributed by atoms with E-state index in [0.29, 0.717) is 37.4 Å². The van der Waals surface area contributed by atoms with Crippen LogP contribution in [0, 0.1) is 0 Å². The molecule has 30 heavy (non-hydrogen) atoms. The number of aliphatic hydroxyl groups is 1. The van der Waals surface area contributed by atoms with Crippen LogP contribution >= 0.6 is 15.9 Å². The molecule has 1 aromatic heterocycles. The van der Waals surface area contributed by atoms with Crippen molar-refractivity contribution in [2.45, 2.75) is 6.04 Å². The second kappa shape index (κ2) is 9.07. The van der Waals surface area contributed by atoms with E-state index in [1.807, 2.05) is 6.07 Å². The average molecular weight is 472 g/mol. The highest BCUT2D eigenvalue weighted by Gasteiger charge is 2.46. The number of rotatable bonds is 5. The summed E-state index contributed by atoms with van der Waals surface area (Å²) >= 11 is 3.37. The Bertz CT molecular complexity index is 956. The Labute approximate surface area is 183 Å². The summed E-state index contributed by atoms with van der Waals surface area (Å²) in [6, 6.07) is 9.88. The molecule has 2 aromatic rings. The van der Waals surface area contributed by atoms with Gasteiger partial charge in [-0.15, -0.1) is 0 Å². The predicted octanol–water partition coefficient (Wildman–Crippen LogP) is 2.60. The highest BCUT2D eigenvalue weighted by Crippen LogP contribution is 2.39. The number of benzene rings is 1. The smallest absolute Gasteiger partial charge is 0.295 e. The molecule has 2 saturated heterocycles. The van der Waals surface area contributed by atoms with Crippen LogP contribution in [-0.2, 0) is 14.3 Å². The van der Waals surface area contributed by atoms with Crippen LogP contribution in [0.4, 0.5) is 0 Å². The number of aromatic nitrogens is 1. The quantitative estimate of drug-likeness (QED) is 0.409. The maximum absolute atomic E-state index is 13.0. The van der Waals surface area contributed by atoms with Crippen LogP contribution in [0.5, 0.6) is 0 Å². The number of hydrogen-bond acceptors (Lipinski definition) is 6. The van der Waals surface area contributed by atoms with Crippen molar-refractivity contribution in [1.29, 1.82) is 0 Å². The second-order valence-electron chi connectivity index (χ2n) is 7.24. The summed E-state index contributed by atoms with van der Waals surface area (Å²) in [5.74, 6) is -1.45. The van der Waals surface area contributed by atoms with Crippen LogP contribution in [0.1, 0.15) is 17.2 Å². The van der Waals surface area contributed by atoms with Gasteiger partial charge in [0.2, 0.25) is 0 Å². The van der Waals surface area contributed by atoms with Crippen LogP contribution < -0.4 is 0 Å². The maximum atomic E-state index is 13.0. The standard InChI is InChI=1S/C22H22BrN3O4/c23-17-5-3-15(4-6-17)20(27)18-19(16-2-1-7-24-14-16)26(22(29)21(18)28)9-8-25-10-12-30-13-11-25/h1-7,14,19,27H,8-13H2/t19-/m0/s1. The van der Waals surface area contributed by atoms with Gasteiger partial charge in [-0.05, 0) is 23.8 Å². The van der Waals surface area contributed by atoms with Gasteiger partial charge in [-0.25, -0.2) is 0 Å². The van der Waals surface area contributed by atoms with Crippen LogP contribution in [0.2, 0.25) is 0 Å². The Morgan fingerprint density at radius 1 is 1.13 bits per heavy atom. The van der Waals surface area contributed by atoms with Gasteiger partial charge >= 0.3 is 0 Å². The summed E-state index contributed by atoms with van der Waals surface area (Å²) in [7, 11) is 0. The molecule has 1 atom stereocenters. The zero-order valence-corrected chi connectivity index (χ0v) is 17.9. The Morgan fingerprint density at radius 2 is 1.87 bits per heavy atom. The Morgan fingerprint density at radius 3 is 2.53 bits per heavy atom. The molecule has 1 aromatic carbocycles. The number of morpholine rings is 1. The number of hydrogen-bond donors (Lipinski definition) is 1. The molecule has 0 spiro atoms. The minimum atomic E-state index is -0.677. The molecule has 1 N–H and O–H groups in total. The third-order valence-electron chi connectivity index (χ3n) is 5.42. The monoisotopic (exact) mass is 471 g/mol. The first kappa shape index (κ1) is 20.7. The first-order valence-electron chi connectivity index (χ1n) is 9.80. The van der Waals surface area contributed by atoms with Crippen molar-refractivity contribution in [1.82, 2.24) is 14.8 Å². The molecule has 2 aliphatic heterocycles. The van der Waals surface area contributed by atoms with E-state index in [1.54, 1.807) is 47.6 Å². The summed E-state index contributed by atoms with van der Waals surface area (Å²) in [6.45, 7) is 3.91. The number of Topliss-reactive ketones (excluding diaryl/α,β-unsaturated/α-hetero) is 1. The number of likely N-dealkylation sites (tertiary alicyclic amines) is 1. The van der Waals surface area contributed by atoms with Crippen molar-refractivity contribution in [3.63, 3.8) is 0 Å². The summed E-state index contributed by atoms with van der Waals surface area (Å²) < 4.78 is 6.23. The van der Waals surface area contributed by atoms with Gasteiger partial charge in [-0.3, -0.25) is 19.5 Å². The van der Waals surface area contributed by atoms with E-state index >= 15 is 0 Å². The van der Waals surface area contributed by atoms with E-state index in [4.69, 9.17) is 4.74 Å². The molecule has 0 aliphatic carbocycles. The lowest BCUT2D eigenvalue weighted by molar-refractivity contribution is -0.140. The number of halogens is 1. The highest BCUT2D eigenvalue weighted by atomic mass is 79.9. The van der Waals surface area contributed by atoms with Gasteiger partial charge in [0.05, 0.1) is 24.8 Å². The molecule has 156 valence electrons. The highest BCUT2D eigenvalue weighted by molar-refractivity contribution is 9.10. The molecule has 1 amide bonds. The van der Waals surface area contributed by atoms with Crippen molar-refractivity contribution in [2.24, 2.45) is 0 Å². The molecule has 0 bridgehead atoms. The van der Waals surface area contributed by atoms with Crippen molar-refractivity contribution in [3.05, 3.63) is 70.0 Å². The Hall–Kier alpha value is -2.55. The maximum Gasteiger partial charge on any atom is 0.295 e. The fourth-order valence-electron chi connectivity index (χ4n) is 3.83. The molecule has 7 nitrogen and oxygen atoms in total. The van der Waals surface area contributed by atoms with Crippen molar-refractivity contribution in [3.8, 4) is 0 Å². The summed E-state index contributed by atoms with van der Waals surface area (Å²) in [4.78, 5) is 33.8. The lowest BCUT2D eigenvalue weighted by Gasteiger charge is -2.30. The minimum Gasteiger partial charge on any atom is -0.507 e. The van der Waals surface area contributed by atoms with Gasteiger partial charge in [0.15, 0.2) is 0 Å². The number of pyridine rings is 1. The fraction of sp³-hybridized carbons (Fsp3) is 0.318. The molecule has 0 saturated carbocycles. The first-order valence-corrected chi connectivity index (χ1v) is 10.6. The molecule has 0 unspecified atom stereocenters. The van der Waals surface area contributed by atoms with Gasteiger partial charge in [-0.2, -0.15) is 0 Å². The summed E-state index contributed by atoms with van der Waals surface area (Å²) in [6.07, 6.45) is 3.27. The van der Waals surface area contributed by atoms with Gasteiger partial charge in [-0.1, -0.05) is 34.1 Å². The van der Waals surface area contributed by atoms with Gasteiger partial charge in [0.25, 0.3) is 11.7 Å². The van der Waals surface area contributed by atoms with Gasteiger partial charge < -0.3 is 14.7 Å². The third-order valence-corrected chi connectivity index (χ3v) is 5.95. The van der Waals surface area contributed by atoms with Gasteiger partial charge in [0.1, 0.15) is 5.76 Å². The van der Waals surface area contributed by atoms with E-state index in [1.165, 1.54) is 0 Å². The number of aliphatic hydroxyl groups excluding tert-OH is 1. The summed E-state index contributed by atoms with van der Waals surface area (Å²) in [5.41, 5.74) is 1.27. The Kier molecular flexibility index (Phi) is 6.26. The topological polar surface area (TPSA) is 83.0 Å². The molecule has 2 fully saturated rings. The number of ketones is 1. The lowest BCUT2D eigenvalue weighted by Crippen LogP contribution is -2.42. The number of ether oxygens (including phenoxy) is 1. The fourth-order valence-corrected chi connectivity index (χ4v) is 4.10. The number of carbonyl (C=O) groups excluding carboxylic acids is 2. The minimum absolute atomic E-state index is 0.0947. The number of carbonyl (C=O) groups is 2. The van der Waals surface area contributed by atoms with E-state index < -0.39 is 17.7 Å². The average Bonchev–Trinajstić information content (AvgIpc) is 3.04. The van der Waals surface area contributed by atoms with E-state index in [2.05, 4.69) is 25.8 Å². The predicted molar refractivity (Wildman–Crippen MR) is 115 cm³/mol. The molecule has 4 rings (SSSR count). The van der Waals surface area contributed by atoms with Crippen molar-refractivity contribution >= 4 is 33.4 Å². The first-order chi connectivity index (χ1) is 14.6. The van der Waals surface area contributed by atoms with Crippen LogP contribution in [0.15, 0.2) is 58.8 Å². The molecule has 3 heterocycles.